The number of ether oxygens (including phenoxy) is 1. The fourth-order valence-corrected chi connectivity index (χ4v) is 4.54. The number of piperidine rings is 1. The lowest BCUT2D eigenvalue weighted by Gasteiger charge is -2.45. The van der Waals surface area contributed by atoms with Gasteiger partial charge in [-0.05, 0) is 68.7 Å². The van der Waals surface area contributed by atoms with E-state index in [-0.39, 0.29) is 12.0 Å². The summed E-state index contributed by atoms with van der Waals surface area (Å²) in [5.41, 5.74) is 1.59. The van der Waals surface area contributed by atoms with Gasteiger partial charge in [-0.3, -0.25) is 14.7 Å². The molecular weight excluding hydrogens is 314 g/mol. The molecule has 0 aliphatic carbocycles. The van der Waals surface area contributed by atoms with Crippen LogP contribution in [0, 0.1) is 5.41 Å². The van der Waals surface area contributed by atoms with Crippen LogP contribution in [0.1, 0.15) is 44.1 Å². The molecule has 1 atom stereocenters. The van der Waals surface area contributed by atoms with Gasteiger partial charge in [-0.2, -0.15) is 0 Å². The minimum atomic E-state index is -0.183. The fraction of sp³-hybridized carbons (Fsp3) is 0.700. The first-order chi connectivity index (χ1) is 12.2. The zero-order valence-corrected chi connectivity index (χ0v) is 15.0. The first-order valence-electron chi connectivity index (χ1n) is 9.76. The highest BCUT2D eigenvalue weighted by Gasteiger charge is 2.41. The molecule has 0 saturated carbocycles. The lowest BCUT2D eigenvalue weighted by atomic mass is 9.73. The number of amides is 1. The molecule has 0 radical (unpaired) electrons. The molecule has 5 heteroatoms. The van der Waals surface area contributed by atoms with E-state index in [0.29, 0.717) is 5.41 Å². The predicted octanol–water partition coefficient (Wildman–Crippen LogP) is 2.47. The van der Waals surface area contributed by atoms with Crippen LogP contribution < -0.4 is 0 Å². The molecule has 5 nitrogen and oxygen atoms in total. The molecule has 25 heavy (non-hydrogen) atoms. The maximum atomic E-state index is 12.5. The summed E-state index contributed by atoms with van der Waals surface area (Å²) < 4.78 is 6.08. The van der Waals surface area contributed by atoms with E-state index in [9.17, 15) is 4.79 Å². The van der Waals surface area contributed by atoms with Crippen LogP contribution in [0.2, 0.25) is 0 Å². The van der Waals surface area contributed by atoms with Gasteiger partial charge in [0.2, 0.25) is 0 Å². The molecule has 136 valence electrons. The van der Waals surface area contributed by atoms with Crippen molar-refractivity contribution in [3.63, 3.8) is 0 Å². The smallest absolute Gasteiger partial charge is 0.251 e. The second kappa shape index (κ2) is 7.42. The summed E-state index contributed by atoms with van der Waals surface area (Å²) in [4.78, 5) is 21.2. The van der Waals surface area contributed by atoms with Crippen molar-refractivity contribution in [2.45, 2.75) is 51.2 Å². The molecule has 4 rings (SSSR count). The molecule has 4 heterocycles. The summed E-state index contributed by atoms with van der Waals surface area (Å²) in [5.74, 6) is 0.237. The minimum Gasteiger partial charge on any atom is -0.368 e. The molecule has 0 bridgehead atoms. The molecule has 3 saturated heterocycles. The van der Waals surface area contributed by atoms with Crippen molar-refractivity contribution in [2.75, 3.05) is 32.8 Å². The SMILES string of the molecule is O=C([C@@H]1CCC2(CCN(Cc3cccnc3)CC2)CO1)N1CCCC1. The first kappa shape index (κ1) is 17.0. The predicted molar refractivity (Wildman–Crippen MR) is 96.0 cm³/mol. The Balaban J connectivity index is 1.26. The van der Waals surface area contributed by atoms with Gasteiger partial charge in [0.1, 0.15) is 6.10 Å². The highest BCUT2D eigenvalue weighted by Crippen LogP contribution is 2.41. The molecule has 3 aliphatic rings. The molecule has 1 amide bonds. The van der Waals surface area contributed by atoms with Gasteiger partial charge in [-0.1, -0.05) is 6.07 Å². The molecule has 0 N–H and O–H groups in total. The van der Waals surface area contributed by atoms with Crippen molar-refractivity contribution in [3.05, 3.63) is 30.1 Å². The Labute approximate surface area is 150 Å². The third-order valence-corrected chi connectivity index (χ3v) is 6.27. The third-order valence-electron chi connectivity index (χ3n) is 6.27. The van der Waals surface area contributed by atoms with Gasteiger partial charge in [0.05, 0.1) is 6.61 Å². The number of aromatic nitrogens is 1. The number of rotatable bonds is 3. The van der Waals surface area contributed by atoms with Gasteiger partial charge in [0.15, 0.2) is 0 Å². The van der Waals surface area contributed by atoms with Crippen molar-refractivity contribution in [2.24, 2.45) is 5.41 Å². The van der Waals surface area contributed by atoms with E-state index in [0.717, 1.165) is 65.0 Å². The summed E-state index contributed by atoms with van der Waals surface area (Å²) in [6.45, 7) is 5.82. The normalized spacial score (nSPS) is 26.9. The average Bonchev–Trinajstić information content (AvgIpc) is 3.20. The van der Waals surface area contributed by atoms with E-state index in [2.05, 4.69) is 16.0 Å². The van der Waals surface area contributed by atoms with Gasteiger partial charge in [-0.15, -0.1) is 0 Å². The monoisotopic (exact) mass is 343 g/mol. The number of nitrogens with zero attached hydrogens (tertiary/aromatic N) is 3. The molecule has 3 aliphatic heterocycles. The molecule has 1 aromatic rings. The van der Waals surface area contributed by atoms with Crippen LogP contribution in [0.3, 0.4) is 0 Å². The van der Waals surface area contributed by atoms with Crippen LogP contribution in [0.25, 0.3) is 0 Å². The van der Waals surface area contributed by atoms with Crippen molar-refractivity contribution in [1.82, 2.24) is 14.8 Å². The van der Waals surface area contributed by atoms with Crippen LogP contribution in [0.15, 0.2) is 24.5 Å². The van der Waals surface area contributed by atoms with E-state index < -0.39 is 0 Å². The van der Waals surface area contributed by atoms with Gasteiger partial charge < -0.3 is 9.64 Å². The average molecular weight is 343 g/mol. The molecular formula is C20H29N3O2. The minimum absolute atomic E-state index is 0.183. The number of carbonyl (C=O) groups is 1. The number of carbonyl (C=O) groups excluding carboxylic acids is 1. The molecule has 0 aromatic carbocycles. The summed E-state index contributed by atoms with van der Waals surface area (Å²) in [7, 11) is 0. The van der Waals surface area contributed by atoms with E-state index in [1.807, 2.05) is 23.4 Å². The molecule has 3 fully saturated rings. The number of pyridine rings is 1. The number of likely N-dealkylation sites (tertiary alicyclic amines) is 2. The Hall–Kier alpha value is -1.46. The zero-order chi connectivity index (χ0) is 17.1. The fourth-order valence-electron chi connectivity index (χ4n) is 4.54. The third kappa shape index (κ3) is 3.87. The Bertz CT molecular complexity index is 568. The Morgan fingerprint density at radius 1 is 1.20 bits per heavy atom. The second-order valence-electron chi connectivity index (χ2n) is 8.01. The summed E-state index contributed by atoms with van der Waals surface area (Å²) >= 11 is 0. The highest BCUT2D eigenvalue weighted by atomic mass is 16.5. The first-order valence-corrected chi connectivity index (χ1v) is 9.76. The maximum Gasteiger partial charge on any atom is 0.251 e. The largest absolute Gasteiger partial charge is 0.368 e. The second-order valence-corrected chi connectivity index (χ2v) is 8.01. The maximum absolute atomic E-state index is 12.5. The zero-order valence-electron chi connectivity index (χ0n) is 15.0. The Kier molecular flexibility index (Phi) is 5.04. The van der Waals surface area contributed by atoms with Crippen molar-refractivity contribution < 1.29 is 9.53 Å². The van der Waals surface area contributed by atoms with Crippen LogP contribution in [-0.4, -0.2) is 59.6 Å². The van der Waals surface area contributed by atoms with Crippen molar-refractivity contribution in [1.29, 1.82) is 0 Å². The highest BCUT2D eigenvalue weighted by molar-refractivity contribution is 5.81. The lowest BCUT2D eigenvalue weighted by molar-refractivity contribution is -0.154. The van der Waals surface area contributed by atoms with E-state index in [1.165, 1.54) is 18.4 Å². The van der Waals surface area contributed by atoms with E-state index in [1.54, 1.807) is 0 Å². The topological polar surface area (TPSA) is 45.7 Å². The molecule has 1 spiro atoms. The summed E-state index contributed by atoms with van der Waals surface area (Å²) in [6, 6.07) is 4.16. The van der Waals surface area contributed by atoms with E-state index in [4.69, 9.17) is 4.74 Å². The molecule has 0 unspecified atom stereocenters. The van der Waals surface area contributed by atoms with Gasteiger partial charge in [0, 0.05) is 32.0 Å². The summed E-state index contributed by atoms with van der Waals surface area (Å²) in [5, 5.41) is 0. The Morgan fingerprint density at radius 2 is 2.00 bits per heavy atom. The van der Waals surface area contributed by atoms with Gasteiger partial charge in [0.25, 0.3) is 5.91 Å². The number of hydrogen-bond acceptors (Lipinski definition) is 4. The standard InChI is InChI=1S/C20H29N3O2/c24-19(23-10-1-2-11-23)18-5-6-20(16-25-18)7-12-22(13-8-20)15-17-4-3-9-21-14-17/h3-4,9,14,18H,1-2,5-8,10-13,15-16H2/t18-/m0/s1. The van der Waals surface area contributed by atoms with Gasteiger partial charge >= 0.3 is 0 Å². The lowest BCUT2D eigenvalue weighted by Crippen LogP contribution is -2.49. The Morgan fingerprint density at radius 3 is 2.64 bits per heavy atom. The van der Waals surface area contributed by atoms with Crippen LogP contribution in [0.4, 0.5) is 0 Å². The van der Waals surface area contributed by atoms with Gasteiger partial charge in [-0.25, -0.2) is 0 Å². The van der Waals surface area contributed by atoms with Crippen LogP contribution >= 0.6 is 0 Å². The molecule has 1 aromatic heterocycles. The van der Waals surface area contributed by atoms with E-state index >= 15 is 0 Å². The number of hydrogen-bond donors (Lipinski definition) is 0. The van der Waals surface area contributed by atoms with Crippen molar-refractivity contribution >= 4 is 5.91 Å². The van der Waals surface area contributed by atoms with Crippen molar-refractivity contribution in [3.8, 4) is 0 Å². The van der Waals surface area contributed by atoms with Crippen LogP contribution in [0.5, 0.6) is 0 Å². The summed E-state index contributed by atoms with van der Waals surface area (Å²) in [6.07, 6.45) is 10.3. The van der Waals surface area contributed by atoms with Crippen LogP contribution in [-0.2, 0) is 16.1 Å². The quantitative estimate of drug-likeness (QED) is 0.846.